The van der Waals surface area contributed by atoms with Crippen LogP contribution in [0.2, 0.25) is 6.04 Å². The maximum Gasteiger partial charge on any atom is 0.333 e. The van der Waals surface area contributed by atoms with Crippen molar-refractivity contribution >= 4 is 15.3 Å². The zero-order valence-corrected chi connectivity index (χ0v) is 11.7. The smallest absolute Gasteiger partial charge is 0.333 e. The summed E-state index contributed by atoms with van der Waals surface area (Å²) in [6.07, 6.45) is 4.16. The van der Waals surface area contributed by atoms with Gasteiger partial charge in [0.15, 0.2) is 0 Å². The second-order valence-electron chi connectivity index (χ2n) is 4.29. The molecule has 0 radical (unpaired) electrons. The van der Waals surface area contributed by atoms with Gasteiger partial charge >= 0.3 is 15.3 Å². The van der Waals surface area contributed by atoms with Crippen molar-refractivity contribution in [2.45, 2.75) is 38.7 Å². The van der Waals surface area contributed by atoms with Crippen LogP contribution < -0.4 is 0 Å². The number of ether oxygens (including phenoxy) is 1. The van der Waals surface area contributed by atoms with E-state index < -0.39 is 9.28 Å². The lowest BCUT2D eigenvalue weighted by atomic mass is 10.3. The largest absolute Gasteiger partial charge is 0.462 e. The van der Waals surface area contributed by atoms with Gasteiger partial charge in [-0.3, -0.25) is 0 Å². The fourth-order valence-corrected chi connectivity index (χ4v) is 3.46. The molecule has 0 saturated carbocycles. The van der Waals surface area contributed by atoms with Gasteiger partial charge in [0.05, 0.1) is 6.61 Å². The molecule has 0 bridgehead atoms. The topological polar surface area (TPSA) is 44.8 Å². The first kappa shape index (κ1) is 14.4. The third-order valence-corrected chi connectivity index (χ3v) is 4.66. The highest BCUT2D eigenvalue weighted by Crippen LogP contribution is 2.11. The molecular weight excluding hydrogens is 236 g/mol. The van der Waals surface area contributed by atoms with Crippen LogP contribution in [0, 0.1) is 0 Å². The van der Waals surface area contributed by atoms with E-state index in [4.69, 9.17) is 13.6 Å². The van der Waals surface area contributed by atoms with Gasteiger partial charge in [-0.05, 0) is 38.7 Å². The minimum atomic E-state index is -1.34. The highest BCUT2D eigenvalue weighted by atomic mass is 28.3. The van der Waals surface area contributed by atoms with Gasteiger partial charge in [-0.25, -0.2) is 4.79 Å². The third kappa shape index (κ3) is 6.60. The van der Waals surface area contributed by atoms with E-state index in [0.29, 0.717) is 12.2 Å². The van der Waals surface area contributed by atoms with E-state index in [1.54, 1.807) is 6.92 Å². The minimum Gasteiger partial charge on any atom is -0.462 e. The van der Waals surface area contributed by atoms with Crippen molar-refractivity contribution < 1.29 is 18.4 Å². The summed E-state index contributed by atoms with van der Waals surface area (Å²) in [7, 11) is -1.34. The van der Waals surface area contributed by atoms with E-state index in [1.165, 1.54) is 12.8 Å². The predicted molar refractivity (Wildman–Crippen MR) is 68.1 cm³/mol. The number of carbonyl (C=O) groups is 1. The summed E-state index contributed by atoms with van der Waals surface area (Å²) in [5, 5.41) is 0. The number of rotatable bonds is 7. The van der Waals surface area contributed by atoms with Gasteiger partial charge in [0, 0.05) is 18.8 Å². The second-order valence-corrected chi connectivity index (χ2v) is 6.39. The third-order valence-electron chi connectivity index (χ3n) is 2.56. The van der Waals surface area contributed by atoms with Gasteiger partial charge in [0.1, 0.15) is 0 Å². The molecule has 98 valence electrons. The first-order chi connectivity index (χ1) is 8.20. The Morgan fingerprint density at radius 3 is 2.76 bits per heavy atom. The first-order valence-electron chi connectivity index (χ1n) is 6.26. The zero-order chi connectivity index (χ0) is 12.5. The van der Waals surface area contributed by atoms with Gasteiger partial charge in [0.2, 0.25) is 0 Å². The molecule has 1 saturated heterocycles. The molecule has 5 heteroatoms. The van der Waals surface area contributed by atoms with Crippen molar-refractivity contribution in [1.29, 1.82) is 0 Å². The fraction of sp³-hybridized carbons (Fsp3) is 0.750. The molecule has 0 N–H and O–H groups in total. The molecule has 1 fully saturated rings. The Morgan fingerprint density at radius 2 is 2.12 bits per heavy atom. The predicted octanol–water partition coefficient (Wildman–Crippen LogP) is 1.93. The maximum absolute atomic E-state index is 11.1. The average molecular weight is 258 g/mol. The van der Waals surface area contributed by atoms with Crippen LogP contribution in [-0.2, 0) is 18.4 Å². The average Bonchev–Trinajstić information content (AvgIpc) is 2.34. The summed E-state index contributed by atoms with van der Waals surface area (Å²) in [6, 6.07) is 1.13. The molecule has 1 unspecified atom stereocenters. The van der Waals surface area contributed by atoms with Crippen LogP contribution in [0.4, 0.5) is 0 Å². The van der Waals surface area contributed by atoms with Crippen molar-refractivity contribution in [2.75, 3.05) is 19.8 Å². The minimum absolute atomic E-state index is 0.309. The number of esters is 1. The Balaban J connectivity index is 1.90. The Kier molecular flexibility index (Phi) is 7.15. The summed E-state index contributed by atoms with van der Waals surface area (Å²) in [5.41, 5.74) is 0.448. The molecule has 0 aromatic carbocycles. The highest BCUT2D eigenvalue weighted by Gasteiger charge is 2.16. The molecule has 1 rings (SSSR count). The summed E-state index contributed by atoms with van der Waals surface area (Å²) >= 11 is 0. The van der Waals surface area contributed by atoms with E-state index in [0.717, 1.165) is 32.1 Å². The standard InChI is InChI=1S/C12H22O4Si/c1-11(2)12(13)14-7-3-4-8-15-17-10-6-5-9-16-17/h17H,1,3-10H2,2H3. The van der Waals surface area contributed by atoms with Gasteiger partial charge in [-0.2, -0.15) is 0 Å². The van der Waals surface area contributed by atoms with E-state index in [-0.39, 0.29) is 5.97 Å². The van der Waals surface area contributed by atoms with E-state index in [9.17, 15) is 4.79 Å². The summed E-state index contributed by atoms with van der Waals surface area (Å²) < 4.78 is 16.3. The van der Waals surface area contributed by atoms with Crippen LogP contribution in [0.5, 0.6) is 0 Å². The molecule has 0 aromatic rings. The van der Waals surface area contributed by atoms with Crippen molar-refractivity contribution in [2.24, 2.45) is 0 Å². The molecule has 1 heterocycles. The molecule has 4 nitrogen and oxygen atoms in total. The van der Waals surface area contributed by atoms with E-state index >= 15 is 0 Å². The summed E-state index contributed by atoms with van der Waals surface area (Å²) in [4.78, 5) is 11.1. The number of carbonyl (C=O) groups excluding carboxylic acids is 1. The fourth-order valence-electron chi connectivity index (χ4n) is 1.55. The first-order valence-corrected chi connectivity index (χ1v) is 8.02. The quantitative estimate of drug-likeness (QED) is 0.303. The molecule has 1 atom stereocenters. The Hall–Kier alpha value is -0.653. The van der Waals surface area contributed by atoms with Gasteiger partial charge in [-0.15, -0.1) is 0 Å². The molecule has 17 heavy (non-hydrogen) atoms. The van der Waals surface area contributed by atoms with Crippen molar-refractivity contribution in [3.63, 3.8) is 0 Å². The number of hydrogen-bond donors (Lipinski definition) is 0. The van der Waals surface area contributed by atoms with Crippen LogP contribution in [-0.4, -0.2) is 35.1 Å². The monoisotopic (exact) mass is 258 g/mol. The van der Waals surface area contributed by atoms with Crippen molar-refractivity contribution in [1.82, 2.24) is 0 Å². The van der Waals surface area contributed by atoms with Crippen molar-refractivity contribution in [3.8, 4) is 0 Å². The lowest BCUT2D eigenvalue weighted by molar-refractivity contribution is -0.139. The number of unbranched alkanes of at least 4 members (excludes halogenated alkanes) is 1. The van der Waals surface area contributed by atoms with Gasteiger partial charge in [-0.1, -0.05) is 6.58 Å². The van der Waals surface area contributed by atoms with Crippen LogP contribution in [0.25, 0.3) is 0 Å². The maximum atomic E-state index is 11.1. The van der Waals surface area contributed by atoms with E-state index in [2.05, 4.69) is 6.58 Å². The van der Waals surface area contributed by atoms with Crippen LogP contribution in [0.15, 0.2) is 12.2 Å². The Morgan fingerprint density at radius 1 is 1.35 bits per heavy atom. The molecule has 1 aliphatic rings. The SMILES string of the molecule is C=C(C)C(=O)OCCCCO[SiH]1CCCCO1. The molecule has 0 aromatic heterocycles. The van der Waals surface area contributed by atoms with E-state index in [1.807, 2.05) is 0 Å². The van der Waals surface area contributed by atoms with Crippen molar-refractivity contribution in [3.05, 3.63) is 12.2 Å². The molecule has 0 amide bonds. The lowest BCUT2D eigenvalue weighted by Crippen LogP contribution is -2.27. The van der Waals surface area contributed by atoms with Crippen LogP contribution in [0.1, 0.15) is 32.6 Å². The Bertz CT molecular complexity index is 249. The lowest BCUT2D eigenvalue weighted by Gasteiger charge is -2.20. The molecule has 0 spiro atoms. The highest BCUT2D eigenvalue weighted by molar-refractivity contribution is 6.44. The van der Waals surface area contributed by atoms with Gasteiger partial charge in [0.25, 0.3) is 0 Å². The normalized spacial score (nSPS) is 19.9. The van der Waals surface area contributed by atoms with Crippen LogP contribution in [0.3, 0.4) is 0 Å². The zero-order valence-electron chi connectivity index (χ0n) is 10.6. The Labute approximate surface area is 105 Å². The molecule has 1 aliphatic heterocycles. The van der Waals surface area contributed by atoms with Gasteiger partial charge < -0.3 is 13.6 Å². The summed E-state index contributed by atoms with van der Waals surface area (Å²) in [6.45, 7) is 7.21. The second kappa shape index (κ2) is 8.44. The molecular formula is C12H22O4Si. The number of hydrogen-bond acceptors (Lipinski definition) is 4. The van der Waals surface area contributed by atoms with Crippen LogP contribution >= 0.6 is 0 Å². The molecule has 0 aliphatic carbocycles. The summed E-state index contributed by atoms with van der Waals surface area (Å²) in [5.74, 6) is -0.309.